The van der Waals surface area contributed by atoms with Gasteiger partial charge in [-0.25, -0.2) is 0 Å². The summed E-state index contributed by atoms with van der Waals surface area (Å²) >= 11 is 6.19. The van der Waals surface area contributed by atoms with Crippen LogP contribution in [0.1, 0.15) is 5.56 Å². The van der Waals surface area contributed by atoms with Crippen LogP contribution in [0.25, 0.3) is 6.08 Å². The Morgan fingerprint density at radius 3 is 2.32 bits per heavy atom. The molecule has 0 aliphatic carbocycles. The van der Waals surface area contributed by atoms with E-state index in [-0.39, 0.29) is 5.91 Å². The van der Waals surface area contributed by atoms with Gasteiger partial charge in [0, 0.05) is 18.2 Å². The van der Waals surface area contributed by atoms with E-state index in [1.165, 1.54) is 20.3 Å². The highest BCUT2D eigenvalue weighted by molar-refractivity contribution is 6.34. The Morgan fingerprint density at radius 2 is 1.68 bits per heavy atom. The summed E-state index contributed by atoms with van der Waals surface area (Å²) in [7, 11) is 4.57. The third-order valence-electron chi connectivity index (χ3n) is 3.70. The van der Waals surface area contributed by atoms with E-state index in [0.717, 1.165) is 5.56 Å². The number of amides is 1. The number of hydrogen-bond acceptors (Lipinski definition) is 5. The second kappa shape index (κ2) is 10.3. The van der Waals surface area contributed by atoms with E-state index < -0.39 is 0 Å². The van der Waals surface area contributed by atoms with Crippen LogP contribution in [0.2, 0.25) is 5.02 Å². The number of rotatable bonds is 9. The predicted octanol–water partition coefficient (Wildman–Crippen LogP) is 4.58. The van der Waals surface area contributed by atoms with Crippen molar-refractivity contribution in [2.75, 3.05) is 33.3 Å². The van der Waals surface area contributed by atoms with Crippen molar-refractivity contribution in [1.29, 1.82) is 0 Å². The molecule has 0 spiro atoms. The largest absolute Gasteiger partial charge is 0.493 e. The zero-order chi connectivity index (χ0) is 20.5. The van der Waals surface area contributed by atoms with Crippen LogP contribution in [0.3, 0.4) is 0 Å². The maximum absolute atomic E-state index is 12.3. The van der Waals surface area contributed by atoms with E-state index in [1.807, 2.05) is 6.07 Å². The van der Waals surface area contributed by atoms with Crippen molar-refractivity contribution in [2.45, 2.75) is 0 Å². The van der Waals surface area contributed by atoms with Crippen LogP contribution in [0, 0.1) is 0 Å². The summed E-state index contributed by atoms with van der Waals surface area (Å²) in [5, 5.41) is 3.05. The Labute approximate surface area is 169 Å². The molecular weight excluding hydrogens is 382 g/mol. The highest BCUT2D eigenvalue weighted by atomic mass is 35.5. The molecule has 0 aromatic heterocycles. The lowest BCUT2D eigenvalue weighted by atomic mass is 10.2. The fourth-order valence-electron chi connectivity index (χ4n) is 2.35. The van der Waals surface area contributed by atoms with Crippen molar-refractivity contribution < 1.29 is 23.7 Å². The molecule has 0 atom stereocenters. The third-order valence-corrected chi connectivity index (χ3v) is 4.02. The standard InChI is InChI=1S/C21H22ClNO5/c1-5-10-28-17-8-6-14(11-18(17)25-2)7-9-21(24)23-16-13-20(27-4)19(26-3)12-15(16)22/h5-9,11-13H,1,10H2,2-4H3,(H,23,24)/b9-7+. The van der Waals surface area contributed by atoms with Gasteiger partial charge >= 0.3 is 0 Å². The zero-order valence-electron chi connectivity index (χ0n) is 16.0. The first kappa shape index (κ1) is 21.2. The molecule has 0 bridgehead atoms. The first-order chi connectivity index (χ1) is 13.5. The molecular formula is C21H22ClNO5. The van der Waals surface area contributed by atoms with Gasteiger partial charge in [0.25, 0.3) is 0 Å². The Balaban J connectivity index is 2.12. The normalized spacial score (nSPS) is 10.4. The van der Waals surface area contributed by atoms with Crippen molar-refractivity contribution in [1.82, 2.24) is 0 Å². The third kappa shape index (κ3) is 5.44. The summed E-state index contributed by atoms with van der Waals surface area (Å²) in [6.45, 7) is 3.99. The number of hydrogen-bond donors (Lipinski definition) is 1. The van der Waals surface area contributed by atoms with E-state index in [9.17, 15) is 4.79 Å². The van der Waals surface area contributed by atoms with Crippen molar-refractivity contribution in [3.05, 3.63) is 59.6 Å². The van der Waals surface area contributed by atoms with Gasteiger partial charge < -0.3 is 24.3 Å². The van der Waals surface area contributed by atoms with Crippen LogP contribution in [0.15, 0.2) is 49.1 Å². The fraction of sp³-hybridized carbons (Fsp3) is 0.190. The SMILES string of the molecule is C=CCOc1ccc(/C=C/C(=O)Nc2cc(OC)c(OC)cc2Cl)cc1OC. The van der Waals surface area contributed by atoms with Gasteiger partial charge in [-0.15, -0.1) is 0 Å². The maximum atomic E-state index is 12.3. The molecule has 0 saturated carbocycles. The van der Waals surface area contributed by atoms with Gasteiger partial charge in [0.2, 0.25) is 5.91 Å². The number of benzene rings is 2. The molecule has 2 rings (SSSR count). The van der Waals surface area contributed by atoms with Crippen LogP contribution in [0.4, 0.5) is 5.69 Å². The topological polar surface area (TPSA) is 66.0 Å². The first-order valence-electron chi connectivity index (χ1n) is 8.34. The number of nitrogens with one attached hydrogen (secondary N) is 1. The summed E-state index contributed by atoms with van der Waals surface area (Å²) in [4.78, 5) is 12.3. The molecule has 7 heteroatoms. The van der Waals surface area contributed by atoms with Crippen LogP contribution in [0.5, 0.6) is 23.0 Å². The van der Waals surface area contributed by atoms with Crippen molar-refractivity contribution in [3.8, 4) is 23.0 Å². The minimum Gasteiger partial charge on any atom is -0.493 e. The van der Waals surface area contributed by atoms with Gasteiger partial charge in [-0.1, -0.05) is 30.3 Å². The first-order valence-corrected chi connectivity index (χ1v) is 8.72. The molecule has 6 nitrogen and oxygen atoms in total. The molecule has 0 radical (unpaired) electrons. The Morgan fingerprint density at radius 1 is 1.04 bits per heavy atom. The summed E-state index contributed by atoms with van der Waals surface area (Å²) in [5.74, 6) is 1.76. The van der Waals surface area contributed by atoms with E-state index in [1.54, 1.807) is 43.5 Å². The van der Waals surface area contributed by atoms with Gasteiger partial charge in [-0.3, -0.25) is 4.79 Å². The average molecular weight is 404 g/mol. The van der Waals surface area contributed by atoms with Gasteiger partial charge in [0.05, 0.1) is 32.0 Å². The highest BCUT2D eigenvalue weighted by Crippen LogP contribution is 2.36. The van der Waals surface area contributed by atoms with Crippen LogP contribution >= 0.6 is 11.6 Å². The molecule has 0 aliphatic rings. The Hall–Kier alpha value is -3.12. The molecule has 148 valence electrons. The van der Waals surface area contributed by atoms with Gasteiger partial charge in [0.15, 0.2) is 23.0 Å². The van der Waals surface area contributed by atoms with Crippen molar-refractivity contribution >= 4 is 29.3 Å². The lowest BCUT2D eigenvalue weighted by molar-refractivity contribution is -0.111. The van der Waals surface area contributed by atoms with Gasteiger partial charge in [0.1, 0.15) is 6.61 Å². The van der Waals surface area contributed by atoms with Crippen LogP contribution < -0.4 is 24.3 Å². The summed E-state index contributed by atoms with van der Waals surface area (Å²) < 4.78 is 21.2. The average Bonchev–Trinajstić information content (AvgIpc) is 2.71. The van der Waals surface area contributed by atoms with E-state index in [0.29, 0.717) is 40.3 Å². The number of carbonyl (C=O) groups is 1. The molecule has 0 heterocycles. The molecule has 0 fully saturated rings. The monoisotopic (exact) mass is 403 g/mol. The van der Waals surface area contributed by atoms with Crippen LogP contribution in [-0.4, -0.2) is 33.8 Å². The Kier molecular flexibility index (Phi) is 7.77. The quantitative estimate of drug-likeness (QED) is 0.490. The second-order valence-electron chi connectivity index (χ2n) is 5.52. The predicted molar refractivity (Wildman–Crippen MR) is 111 cm³/mol. The molecule has 0 unspecified atom stereocenters. The molecule has 28 heavy (non-hydrogen) atoms. The molecule has 0 saturated heterocycles. The summed E-state index contributed by atoms with van der Waals surface area (Å²) in [6.07, 6.45) is 4.70. The maximum Gasteiger partial charge on any atom is 0.248 e. The van der Waals surface area contributed by atoms with E-state index in [2.05, 4.69) is 11.9 Å². The fourth-order valence-corrected chi connectivity index (χ4v) is 2.55. The lowest BCUT2D eigenvalue weighted by Crippen LogP contribution is -2.08. The van der Waals surface area contributed by atoms with E-state index >= 15 is 0 Å². The molecule has 2 aromatic carbocycles. The lowest BCUT2D eigenvalue weighted by Gasteiger charge is -2.12. The molecule has 1 N–H and O–H groups in total. The van der Waals surface area contributed by atoms with Crippen molar-refractivity contribution in [3.63, 3.8) is 0 Å². The highest BCUT2D eigenvalue weighted by Gasteiger charge is 2.11. The molecule has 1 amide bonds. The number of methoxy groups -OCH3 is 3. The summed E-state index contributed by atoms with van der Waals surface area (Å²) in [5.41, 5.74) is 1.19. The number of halogens is 1. The van der Waals surface area contributed by atoms with Gasteiger partial charge in [-0.05, 0) is 23.8 Å². The molecule has 0 aliphatic heterocycles. The number of anilines is 1. The second-order valence-corrected chi connectivity index (χ2v) is 5.93. The van der Waals surface area contributed by atoms with Gasteiger partial charge in [-0.2, -0.15) is 0 Å². The Bertz CT molecular complexity index is 879. The summed E-state index contributed by atoms with van der Waals surface area (Å²) in [6, 6.07) is 8.53. The minimum absolute atomic E-state index is 0.338. The molecule has 2 aromatic rings. The van der Waals surface area contributed by atoms with Crippen LogP contribution in [-0.2, 0) is 4.79 Å². The van der Waals surface area contributed by atoms with E-state index in [4.69, 9.17) is 30.5 Å². The number of carbonyl (C=O) groups excluding carboxylic acids is 1. The minimum atomic E-state index is -0.347. The zero-order valence-corrected chi connectivity index (χ0v) is 16.7. The number of ether oxygens (including phenoxy) is 4. The smallest absolute Gasteiger partial charge is 0.248 e. The van der Waals surface area contributed by atoms with Crippen molar-refractivity contribution in [2.24, 2.45) is 0 Å².